The second-order valence-corrected chi connectivity index (χ2v) is 6.32. The van der Waals surface area contributed by atoms with E-state index in [0.717, 1.165) is 22.1 Å². The van der Waals surface area contributed by atoms with Gasteiger partial charge in [0.1, 0.15) is 5.01 Å². The molecule has 0 amide bonds. The summed E-state index contributed by atoms with van der Waals surface area (Å²) in [5, 5.41) is 4.61. The Bertz CT molecular complexity index is 502. The number of nitrogens with one attached hydrogen (secondary N) is 1. The van der Waals surface area contributed by atoms with Gasteiger partial charge in [0.2, 0.25) is 0 Å². The van der Waals surface area contributed by atoms with Gasteiger partial charge in [-0.1, -0.05) is 28.1 Å². The van der Waals surface area contributed by atoms with Crippen molar-refractivity contribution in [2.45, 2.75) is 25.4 Å². The Morgan fingerprint density at radius 1 is 1.29 bits per heavy atom. The summed E-state index contributed by atoms with van der Waals surface area (Å²) in [5.41, 5.74) is 1.19. The topological polar surface area (TPSA) is 24.9 Å². The van der Waals surface area contributed by atoms with Gasteiger partial charge < -0.3 is 5.32 Å². The average molecular weight is 309 g/mol. The van der Waals surface area contributed by atoms with Crippen LogP contribution in [0.25, 0.3) is 10.6 Å². The molecule has 1 heterocycles. The Morgan fingerprint density at radius 2 is 2.06 bits per heavy atom. The van der Waals surface area contributed by atoms with E-state index in [9.17, 15) is 0 Å². The number of aromatic nitrogens is 1. The Morgan fingerprint density at radius 3 is 2.76 bits per heavy atom. The molecule has 0 bridgehead atoms. The minimum Gasteiger partial charge on any atom is -0.309 e. The standard InChI is InChI=1S/C13H13BrN2S/c14-10-3-1-9(2-4-10)13-16-8-12(17-13)7-15-11-5-6-11/h1-4,8,11,15H,5-7H2. The van der Waals surface area contributed by atoms with Crippen molar-refractivity contribution in [2.24, 2.45) is 0 Å². The molecule has 17 heavy (non-hydrogen) atoms. The predicted octanol–water partition coefficient (Wildman–Crippen LogP) is 3.82. The van der Waals surface area contributed by atoms with Gasteiger partial charge in [0, 0.05) is 33.7 Å². The van der Waals surface area contributed by atoms with Gasteiger partial charge >= 0.3 is 0 Å². The number of hydrogen-bond acceptors (Lipinski definition) is 3. The number of nitrogens with zero attached hydrogens (tertiary/aromatic N) is 1. The van der Waals surface area contributed by atoms with Gasteiger partial charge in [0.05, 0.1) is 0 Å². The van der Waals surface area contributed by atoms with E-state index in [-0.39, 0.29) is 0 Å². The highest BCUT2D eigenvalue weighted by Gasteiger charge is 2.20. The average Bonchev–Trinajstić information content (AvgIpc) is 3.06. The molecule has 0 saturated heterocycles. The van der Waals surface area contributed by atoms with E-state index in [4.69, 9.17) is 0 Å². The zero-order valence-electron chi connectivity index (χ0n) is 9.32. The molecular formula is C13H13BrN2S. The molecule has 1 saturated carbocycles. The van der Waals surface area contributed by atoms with E-state index in [1.807, 2.05) is 6.20 Å². The van der Waals surface area contributed by atoms with Crippen molar-refractivity contribution >= 4 is 27.3 Å². The number of halogens is 1. The number of benzene rings is 1. The fourth-order valence-corrected chi connectivity index (χ4v) is 2.78. The van der Waals surface area contributed by atoms with Crippen LogP contribution >= 0.6 is 27.3 Å². The fraction of sp³-hybridized carbons (Fsp3) is 0.308. The number of thiazole rings is 1. The van der Waals surface area contributed by atoms with Crippen molar-refractivity contribution in [2.75, 3.05) is 0 Å². The summed E-state index contributed by atoms with van der Waals surface area (Å²) in [6.45, 7) is 0.957. The lowest BCUT2D eigenvalue weighted by atomic mass is 10.2. The monoisotopic (exact) mass is 308 g/mol. The van der Waals surface area contributed by atoms with Crippen molar-refractivity contribution in [1.29, 1.82) is 0 Å². The molecule has 88 valence electrons. The highest BCUT2D eigenvalue weighted by Crippen LogP contribution is 2.27. The van der Waals surface area contributed by atoms with Gasteiger partial charge in [0.15, 0.2) is 0 Å². The molecule has 0 atom stereocenters. The predicted molar refractivity (Wildman–Crippen MR) is 75.1 cm³/mol. The molecule has 1 fully saturated rings. The molecule has 0 spiro atoms. The van der Waals surface area contributed by atoms with Crippen molar-refractivity contribution in [3.8, 4) is 10.6 Å². The van der Waals surface area contributed by atoms with E-state index >= 15 is 0 Å². The van der Waals surface area contributed by atoms with Gasteiger partial charge in [-0.2, -0.15) is 0 Å². The molecule has 1 aromatic heterocycles. The van der Waals surface area contributed by atoms with Crippen LogP contribution in [0, 0.1) is 0 Å². The summed E-state index contributed by atoms with van der Waals surface area (Å²) in [4.78, 5) is 5.79. The molecule has 3 rings (SSSR count). The molecule has 0 aliphatic heterocycles. The van der Waals surface area contributed by atoms with Crippen LogP contribution in [0.1, 0.15) is 17.7 Å². The lowest BCUT2D eigenvalue weighted by Gasteiger charge is -1.98. The van der Waals surface area contributed by atoms with Gasteiger partial charge in [-0.25, -0.2) is 4.98 Å². The first-order chi connectivity index (χ1) is 8.31. The lowest BCUT2D eigenvalue weighted by molar-refractivity contribution is 0.694. The van der Waals surface area contributed by atoms with Crippen LogP contribution in [-0.2, 0) is 6.54 Å². The fourth-order valence-electron chi connectivity index (χ4n) is 1.65. The highest BCUT2D eigenvalue weighted by molar-refractivity contribution is 9.10. The van der Waals surface area contributed by atoms with Gasteiger partial charge in [-0.05, 0) is 25.0 Å². The highest BCUT2D eigenvalue weighted by atomic mass is 79.9. The summed E-state index contributed by atoms with van der Waals surface area (Å²) in [7, 11) is 0. The van der Waals surface area contributed by atoms with Crippen LogP contribution in [0.4, 0.5) is 0 Å². The van der Waals surface area contributed by atoms with Crippen LogP contribution in [0.5, 0.6) is 0 Å². The van der Waals surface area contributed by atoms with Crippen molar-refractivity contribution in [3.63, 3.8) is 0 Å². The Balaban J connectivity index is 1.72. The summed E-state index contributed by atoms with van der Waals surface area (Å²) in [6.07, 6.45) is 4.65. The summed E-state index contributed by atoms with van der Waals surface area (Å²) in [5.74, 6) is 0. The maximum atomic E-state index is 4.48. The second-order valence-electron chi connectivity index (χ2n) is 4.29. The number of rotatable bonds is 4. The van der Waals surface area contributed by atoms with E-state index in [2.05, 4.69) is 50.5 Å². The molecule has 2 nitrogen and oxygen atoms in total. The zero-order chi connectivity index (χ0) is 11.7. The van der Waals surface area contributed by atoms with E-state index < -0.39 is 0 Å². The molecule has 2 aromatic rings. The van der Waals surface area contributed by atoms with Crippen LogP contribution in [0.3, 0.4) is 0 Å². The number of hydrogen-bond donors (Lipinski definition) is 1. The quantitative estimate of drug-likeness (QED) is 0.928. The minimum atomic E-state index is 0.758. The van der Waals surface area contributed by atoms with Crippen molar-refractivity contribution in [3.05, 3.63) is 39.8 Å². The maximum Gasteiger partial charge on any atom is 0.123 e. The molecule has 0 radical (unpaired) electrons. The third-order valence-corrected chi connectivity index (χ3v) is 4.36. The van der Waals surface area contributed by atoms with Crippen LogP contribution in [0.15, 0.2) is 34.9 Å². The molecule has 0 unspecified atom stereocenters. The molecular weight excluding hydrogens is 296 g/mol. The third kappa shape index (κ3) is 2.94. The van der Waals surface area contributed by atoms with Gasteiger partial charge in [-0.3, -0.25) is 0 Å². The minimum absolute atomic E-state index is 0.758. The van der Waals surface area contributed by atoms with Gasteiger partial charge in [0.25, 0.3) is 0 Å². The summed E-state index contributed by atoms with van der Waals surface area (Å²) in [6, 6.07) is 9.06. The second kappa shape index (κ2) is 4.88. The van der Waals surface area contributed by atoms with Crippen molar-refractivity contribution < 1.29 is 0 Å². The third-order valence-electron chi connectivity index (χ3n) is 2.79. The van der Waals surface area contributed by atoms with E-state index in [0.29, 0.717) is 0 Å². The van der Waals surface area contributed by atoms with E-state index in [1.54, 1.807) is 11.3 Å². The Kier molecular flexibility index (Phi) is 3.27. The smallest absolute Gasteiger partial charge is 0.123 e. The zero-order valence-corrected chi connectivity index (χ0v) is 11.7. The maximum absolute atomic E-state index is 4.48. The Hall–Kier alpha value is -0.710. The molecule has 1 aliphatic rings. The molecule has 4 heteroatoms. The van der Waals surface area contributed by atoms with E-state index in [1.165, 1.54) is 23.3 Å². The lowest BCUT2D eigenvalue weighted by Crippen LogP contribution is -2.14. The largest absolute Gasteiger partial charge is 0.309 e. The van der Waals surface area contributed by atoms with Crippen molar-refractivity contribution in [1.82, 2.24) is 10.3 Å². The van der Waals surface area contributed by atoms with Crippen LogP contribution < -0.4 is 5.32 Å². The van der Waals surface area contributed by atoms with Gasteiger partial charge in [-0.15, -0.1) is 11.3 Å². The van der Waals surface area contributed by atoms with Crippen LogP contribution in [0.2, 0.25) is 0 Å². The SMILES string of the molecule is Brc1ccc(-c2ncc(CNC3CC3)s2)cc1. The summed E-state index contributed by atoms with van der Waals surface area (Å²) >= 11 is 5.22. The van der Waals surface area contributed by atoms with Crippen LogP contribution in [-0.4, -0.2) is 11.0 Å². The molecule has 1 aliphatic carbocycles. The normalized spacial score (nSPS) is 15.1. The molecule has 1 N–H and O–H groups in total. The first kappa shape index (κ1) is 11.4. The summed E-state index contributed by atoms with van der Waals surface area (Å²) < 4.78 is 1.11. The first-order valence-corrected chi connectivity index (χ1v) is 7.36. The Labute approximate surface area is 113 Å². The molecule has 1 aromatic carbocycles. The first-order valence-electron chi connectivity index (χ1n) is 5.75.